The van der Waals surface area contributed by atoms with Crippen LogP contribution >= 0.6 is 0 Å². The molecule has 0 amide bonds. The molecule has 0 atom stereocenters. The van der Waals surface area contributed by atoms with Crippen LogP contribution in [0.3, 0.4) is 0 Å². The fourth-order valence-corrected chi connectivity index (χ4v) is 1.99. The molecule has 1 nitrogen and oxygen atoms in total. The molecule has 1 N–H and O–H groups in total. The van der Waals surface area contributed by atoms with Gasteiger partial charge >= 0.3 is 0 Å². The van der Waals surface area contributed by atoms with Crippen LogP contribution in [-0.4, -0.2) is 19.8 Å². The third-order valence-electron chi connectivity index (χ3n) is 2.85. The van der Waals surface area contributed by atoms with Crippen molar-refractivity contribution >= 4 is 0 Å². The summed E-state index contributed by atoms with van der Waals surface area (Å²) in [6.07, 6.45) is 6.10. The molecule has 1 rings (SSSR count). The Kier molecular flexibility index (Phi) is 3.99. The fourth-order valence-electron chi connectivity index (χ4n) is 1.99. The lowest BCUT2D eigenvalue weighted by Crippen LogP contribution is -2.30. The minimum Gasteiger partial charge on any atom is -0.316 e. The molecule has 0 aromatic heterocycles. The van der Waals surface area contributed by atoms with Gasteiger partial charge in [0.15, 0.2) is 0 Å². The van der Waals surface area contributed by atoms with E-state index in [0.29, 0.717) is 11.8 Å². The van der Waals surface area contributed by atoms with Crippen LogP contribution in [0.4, 0.5) is 4.39 Å². The van der Waals surface area contributed by atoms with Crippen molar-refractivity contribution in [1.82, 2.24) is 5.32 Å². The molecule has 0 heterocycles. The molecular weight excluding hydrogens is 153 g/mol. The van der Waals surface area contributed by atoms with Crippen LogP contribution in [0.15, 0.2) is 0 Å². The van der Waals surface area contributed by atoms with Gasteiger partial charge in [-0.2, -0.15) is 0 Å². The van der Waals surface area contributed by atoms with Gasteiger partial charge in [0.1, 0.15) is 0 Å². The van der Waals surface area contributed by atoms with Crippen LogP contribution in [0.2, 0.25) is 0 Å². The quantitative estimate of drug-likeness (QED) is 0.630. The van der Waals surface area contributed by atoms with Gasteiger partial charge in [0.25, 0.3) is 0 Å². The predicted octanol–water partition coefficient (Wildman–Crippen LogP) is 2.52. The first-order valence-electron chi connectivity index (χ1n) is 5.04. The van der Waals surface area contributed by atoms with Crippen molar-refractivity contribution in [2.75, 3.05) is 19.8 Å². The molecular formula is C10H20FN. The van der Waals surface area contributed by atoms with E-state index in [-0.39, 0.29) is 6.67 Å². The molecule has 0 saturated heterocycles. The summed E-state index contributed by atoms with van der Waals surface area (Å²) in [5.74, 6) is 0. The van der Waals surface area contributed by atoms with Crippen molar-refractivity contribution in [3.05, 3.63) is 0 Å². The summed E-state index contributed by atoms with van der Waals surface area (Å²) in [7, 11) is 0. The summed E-state index contributed by atoms with van der Waals surface area (Å²) in [5.41, 5.74) is 0.510. The largest absolute Gasteiger partial charge is 0.316 e. The van der Waals surface area contributed by atoms with Crippen LogP contribution in [0.1, 0.15) is 39.0 Å². The molecule has 2 heteroatoms. The van der Waals surface area contributed by atoms with E-state index in [0.717, 1.165) is 13.1 Å². The number of halogens is 1. The Labute approximate surface area is 74.7 Å². The van der Waals surface area contributed by atoms with Crippen molar-refractivity contribution in [2.24, 2.45) is 5.41 Å². The standard InChI is InChI=1S/C10H20FN/c1-10(5-2-3-6-10)9-12-8-4-7-11/h12H,2-9H2,1H3. The van der Waals surface area contributed by atoms with Crippen LogP contribution in [-0.2, 0) is 0 Å². The van der Waals surface area contributed by atoms with Crippen molar-refractivity contribution in [1.29, 1.82) is 0 Å². The van der Waals surface area contributed by atoms with Crippen LogP contribution in [0.25, 0.3) is 0 Å². The second-order valence-corrected chi connectivity index (χ2v) is 4.24. The minimum absolute atomic E-state index is 0.191. The van der Waals surface area contributed by atoms with Crippen molar-refractivity contribution in [3.8, 4) is 0 Å². The molecule has 0 bridgehead atoms. The zero-order chi connectivity index (χ0) is 8.86. The molecule has 1 aliphatic carbocycles. The highest BCUT2D eigenvalue weighted by Crippen LogP contribution is 2.36. The van der Waals surface area contributed by atoms with Crippen LogP contribution in [0, 0.1) is 5.41 Å². The molecule has 1 fully saturated rings. The zero-order valence-corrected chi connectivity index (χ0v) is 8.03. The maximum absolute atomic E-state index is 11.7. The molecule has 72 valence electrons. The van der Waals surface area contributed by atoms with E-state index in [1.165, 1.54) is 25.7 Å². The summed E-state index contributed by atoms with van der Waals surface area (Å²) in [4.78, 5) is 0. The Morgan fingerprint density at radius 3 is 2.58 bits per heavy atom. The van der Waals surface area contributed by atoms with Gasteiger partial charge in [-0.25, -0.2) is 0 Å². The van der Waals surface area contributed by atoms with Gasteiger partial charge in [0, 0.05) is 6.54 Å². The number of nitrogens with one attached hydrogen (secondary N) is 1. The van der Waals surface area contributed by atoms with E-state index in [4.69, 9.17) is 0 Å². The van der Waals surface area contributed by atoms with E-state index in [1.807, 2.05) is 0 Å². The smallest absolute Gasteiger partial charge is 0.0906 e. The van der Waals surface area contributed by atoms with Crippen molar-refractivity contribution in [2.45, 2.75) is 39.0 Å². The van der Waals surface area contributed by atoms with Crippen LogP contribution in [0.5, 0.6) is 0 Å². The Hall–Kier alpha value is -0.110. The summed E-state index contributed by atoms with van der Waals surface area (Å²) in [5, 5.41) is 3.33. The molecule has 0 aromatic carbocycles. The number of rotatable bonds is 5. The van der Waals surface area contributed by atoms with Gasteiger partial charge in [-0.15, -0.1) is 0 Å². The SMILES string of the molecule is CC1(CNCCCF)CCCC1. The summed E-state index contributed by atoms with van der Waals surface area (Å²) < 4.78 is 11.7. The third-order valence-corrected chi connectivity index (χ3v) is 2.85. The third kappa shape index (κ3) is 3.10. The molecule has 0 aliphatic heterocycles. The Balaban J connectivity index is 2.05. The lowest BCUT2D eigenvalue weighted by Gasteiger charge is -2.23. The van der Waals surface area contributed by atoms with Gasteiger partial charge in [0.2, 0.25) is 0 Å². The van der Waals surface area contributed by atoms with Gasteiger partial charge in [-0.05, 0) is 31.2 Å². The van der Waals surface area contributed by atoms with Crippen LogP contribution < -0.4 is 5.32 Å². The average Bonchev–Trinajstić information content (AvgIpc) is 2.47. The lowest BCUT2D eigenvalue weighted by atomic mass is 9.89. The Morgan fingerprint density at radius 2 is 2.00 bits per heavy atom. The maximum atomic E-state index is 11.7. The zero-order valence-electron chi connectivity index (χ0n) is 8.03. The summed E-state index contributed by atoms with van der Waals surface area (Å²) in [6.45, 7) is 4.06. The second-order valence-electron chi connectivity index (χ2n) is 4.24. The predicted molar refractivity (Wildman–Crippen MR) is 50.0 cm³/mol. The topological polar surface area (TPSA) is 12.0 Å². The Bertz CT molecular complexity index is 119. The highest BCUT2D eigenvalue weighted by molar-refractivity contribution is 4.82. The number of hydrogen-bond acceptors (Lipinski definition) is 1. The van der Waals surface area contributed by atoms with E-state index < -0.39 is 0 Å². The monoisotopic (exact) mass is 173 g/mol. The first-order valence-corrected chi connectivity index (χ1v) is 5.04. The molecule has 12 heavy (non-hydrogen) atoms. The average molecular weight is 173 g/mol. The first kappa shape index (κ1) is 9.97. The van der Waals surface area contributed by atoms with E-state index >= 15 is 0 Å². The maximum Gasteiger partial charge on any atom is 0.0906 e. The molecule has 0 unspecified atom stereocenters. The van der Waals surface area contributed by atoms with Crippen molar-refractivity contribution in [3.63, 3.8) is 0 Å². The van der Waals surface area contributed by atoms with Crippen molar-refractivity contribution < 1.29 is 4.39 Å². The highest BCUT2D eigenvalue weighted by Gasteiger charge is 2.27. The first-order chi connectivity index (χ1) is 5.77. The fraction of sp³-hybridized carbons (Fsp3) is 1.00. The van der Waals surface area contributed by atoms with E-state index in [2.05, 4.69) is 12.2 Å². The Morgan fingerprint density at radius 1 is 1.33 bits per heavy atom. The number of alkyl halides is 1. The molecule has 1 aliphatic rings. The molecule has 1 saturated carbocycles. The van der Waals surface area contributed by atoms with Gasteiger partial charge < -0.3 is 5.32 Å². The van der Waals surface area contributed by atoms with Gasteiger partial charge in [-0.1, -0.05) is 19.8 Å². The summed E-state index contributed by atoms with van der Waals surface area (Å²) in [6, 6.07) is 0. The number of hydrogen-bond donors (Lipinski definition) is 1. The molecule has 0 radical (unpaired) electrons. The molecule has 0 aromatic rings. The second kappa shape index (κ2) is 4.80. The van der Waals surface area contributed by atoms with Gasteiger partial charge in [-0.3, -0.25) is 4.39 Å². The van der Waals surface area contributed by atoms with E-state index in [1.54, 1.807) is 0 Å². The molecule has 0 spiro atoms. The summed E-state index contributed by atoms with van der Waals surface area (Å²) >= 11 is 0. The van der Waals surface area contributed by atoms with E-state index in [9.17, 15) is 4.39 Å². The minimum atomic E-state index is -0.191. The normalized spacial score (nSPS) is 21.5. The lowest BCUT2D eigenvalue weighted by molar-refractivity contribution is 0.311. The van der Waals surface area contributed by atoms with Gasteiger partial charge in [0.05, 0.1) is 6.67 Å². The highest BCUT2D eigenvalue weighted by atomic mass is 19.1.